The van der Waals surface area contributed by atoms with Crippen molar-refractivity contribution in [2.75, 3.05) is 0 Å². The van der Waals surface area contributed by atoms with Crippen LogP contribution < -0.4 is 10.4 Å². The van der Waals surface area contributed by atoms with Gasteiger partial charge in [0.05, 0.1) is 0 Å². The highest BCUT2D eigenvalue weighted by Crippen LogP contribution is 2.18. The zero-order valence-electron chi connectivity index (χ0n) is 11.6. The Bertz CT molecular complexity index is 1110. The zero-order valence-corrected chi connectivity index (χ0v) is 13.3. The predicted octanol–water partition coefficient (Wildman–Crippen LogP) is -0.816. The van der Waals surface area contributed by atoms with Crippen LogP contribution in [0.3, 0.4) is 0 Å². The summed E-state index contributed by atoms with van der Waals surface area (Å²) in [5.74, 6) is -1.88. The van der Waals surface area contributed by atoms with Crippen molar-refractivity contribution in [3.63, 3.8) is 0 Å². The summed E-state index contributed by atoms with van der Waals surface area (Å²) in [4.78, 5) is 22.8. The molecule has 2 N–H and O–H groups in total. The summed E-state index contributed by atoms with van der Waals surface area (Å²) in [5, 5.41) is 0.369. The van der Waals surface area contributed by atoms with Crippen LogP contribution in [0.1, 0.15) is 20.7 Å². The molecule has 0 fully saturated rings. The number of rotatable bonds is 2. The first-order chi connectivity index (χ1) is 11.0. The molecule has 0 spiro atoms. The molecular formula is C14H8O8S2. The Kier molecular flexibility index (Phi) is 3.46. The summed E-state index contributed by atoms with van der Waals surface area (Å²) in [6.07, 6.45) is 4.20. The molecule has 0 bridgehead atoms. The van der Waals surface area contributed by atoms with Crippen LogP contribution in [-0.2, 0) is 20.2 Å². The molecule has 0 aliphatic heterocycles. The fraction of sp³-hybridized carbons (Fsp3) is 0. The Hall–Kier alpha value is -2.40. The van der Waals surface area contributed by atoms with Crippen LogP contribution in [0.5, 0.6) is 0 Å². The molecule has 0 aromatic heterocycles. The van der Waals surface area contributed by atoms with Crippen molar-refractivity contribution in [1.29, 1.82) is 0 Å². The predicted molar refractivity (Wildman–Crippen MR) is 82.5 cm³/mol. The van der Waals surface area contributed by atoms with Crippen LogP contribution in [0, 0.1) is 0 Å². The van der Waals surface area contributed by atoms with Gasteiger partial charge in [-0.3, -0.25) is 18.7 Å². The lowest BCUT2D eigenvalue weighted by atomic mass is 9.95. The number of allylic oxidation sites excluding steroid dienone is 4. The largest absolute Gasteiger partial charge is 0.298 e. The Balaban J connectivity index is 2.28. The molecule has 0 radical (unpaired) electrons. The molecule has 1 aromatic rings. The molecule has 1 aromatic carbocycles. The number of hydrogen-bond acceptors (Lipinski definition) is 6. The highest BCUT2D eigenvalue weighted by molar-refractivity contribution is 7.91. The zero-order chi connectivity index (χ0) is 17.9. The molecule has 0 unspecified atom stereocenters. The fourth-order valence-electron chi connectivity index (χ4n) is 2.46. The fourth-order valence-corrected chi connectivity index (χ4v) is 3.62. The van der Waals surface area contributed by atoms with Gasteiger partial charge in [0.25, 0.3) is 20.2 Å². The molecule has 3 rings (SSSR count). The Morgan fingerprint density at radius 1 is 0.625 bits per heavy atom. The SMILES string of the molecule is O=C1C(S(=O)(=O)O)=CC=c2cc3c(cc21)=CC=C(S(=O)(=O)O)C3=O. The van der Waals surface area contributed by atoms with E-state index in [1.165, 1.54) is 24.3 Å². The molecule has 124 valence electrons. The average molecular weight is 368 g/mol. The normalized spacial score (nSPS) is 17.1. The first kappa shape index (κ1) is 16.5. The molecule has 2 aliphatic rings. The van der Waals surface area contributed by atoms with Gasteiger partial charge in [0, 0.05) is 11.1 Å². The summed E-state index contributed by atoms with van der Waals surface area (Å²) < 4.78 is 62.8. The lowest BCUT2D eigenvalue weighted by Crippen LogP contribution is -2.31. The lowest BCUT2D eigenvalue weighted by molar-refractivity contribution is 0.102. The second kappa shape index (κ2) is 5.05. The van der Waals surface area contributed by atoms with Gasteiger partial charge in [0.1, 0.15) is 9.81 Å². The van der Waals surface area contributed by atoms with E-state index in [0.717, 1.165) is 12.2 Å². The first-order valence-corrected chi connectivity index (χ1v) is 9.20. The van der Waals surface area contributed by atoms with Crippen LogP contribution in [0.4, 0.5) is 0 Å². The van der Waals surface area contributed by atoms with Gasteiger partial charge in [-0.15, -0.1) is 0 Å². The van der Waals surface area contributed by atoms with Crippen LogP contribution >= 0.6 is 0 Å². The topological polar surface area (TPSA) is 143 Å². The van der Waals surface area contributed by atoms with Gasteiger partial charge in [0.2, 0.25) is 11.6 Å². The quantitative estimate of drug-likeness (QED) is 0.645. The molecule has 0 saturated carbocycles. The minimum Gasteiger partial charge on any atom is -0.288 e. The van der Waals surface area contributed by atoms with E-state index in [1.807, 2.05) is 0 Å². The smallest absolute Gasteiger partial charge is 0.288 e. The highest BCUT2D eigenvalue weighted by atomic mass is 32.2. The maximum Gasteiger partial charge on any atom is 0.298 e. The third kappa shape index (κ3) is 2.55. The first-order valence-electron chi connectivity index (χ1n) is 6.32. The number of fused-ring (bicyclic) bond motifs is 2. The van der Waals surface area contributed by atoms with Crippen LogP contribution in [-0.4, -0.2) is 37.5 Å². The number of benzene rings is 1. The summed E-state index contributed by atoms with van der Waals surface area (Å²) in [5.41, 5.74) is -0.117. The molecule has 0 amide bonds. The summed E-state index contributed by atoms with van der Waals surface area (Å²) in [7, 11) is -9.40. The Morgan fingerprint density at radius 2 is 0.958 bits per heavy atom. The number of ketones is 2. The van der Waals surface area contributed by atoms with Crippen molar-refractivity contribution >= 4 is 44.0 Å². The molecule has 2 aliphatic carbocycles. The summed E-state index contributed by atoms with van der Waals surface area (Å²) in [6, 6.07) is 2.44. The molecule has 8 nitrogen and oxygen atoms in total. The van der Waals surface area contributed by atoms with Crippen molar-refractivity contribution in [3.8, 4) is 0 Å². The van der Waals surface area contributed by atoms with Crippen molar-refractivity contribution in [3.05, 3.63) is 55.7 Å². The molecule has 10 heteroatoms. The maximum atomic E-state index is 12.2. The third-order valence-electron chi connectivity index (χ3n) is 3.54. The van der Waals surface area contributed by atoms with Crippen LogP contribution in [0.2, 0.25) is 0 Å². The molecule has 0 heterocycles. The standard InChI is InChI=1S/C14H8O8S2/c15-13-9-6-8-2-4-12(24(20,21)22)14(16)10(8)5-7(9)1-3-11(13)23(17,18)19/h1-6H,(H,17,18,19)(H,20,21,22). The Labute approximate surface area is 135 Å². The second-order valence-electron chi connectivity index (χ2n) is 5.03. The van der Waals surface area contributed by atoms with E-state index < -0.39 is 41.6 Å². The van der Waals surface area contributed by atoms with E-state index >= 15 is 0 Å². The number of Topliss-reactive ketones (excluding diaryl/α,β-unsaturated/α-hetero) is 2. The number of carbonyl (C=O) groups excluding carboxylic acids is 2. The maximum absolute atomic E-state index is 12.2. The monoisotopic (exact) mass is 368 g/mol. The Morgan fingerprint density at radius 3 is 1.25 bits per heavy atom. The highest BCUT2D eigenvalue weighted by Gasteiger charge is 2.30. The van der Waals surface area contributed by atoms with Crippen molar-refractivity contribution < 1.29 is 35.5 Å². The van der Waals surface area contributed by atoms with Gasteiger partial charge >= 0.3 is 0 Å². The van der Waals surface area contributed by atoms with Gasteiger partial charge in [-0.1, -0.05) is 12.2 Å². The summed E-state index contributed by atoms with van der Waals surface area (Å²) >= 11 is 0. The minimum absolute atomic E-state index is 0.0587. The molecular weight excluding hydrogens is 360 g/mol. The number of carbonyl (C=O) groups is 2. The van der Waals surface area contributed by atoms with E-state index in [9.17, 15) is 26.4 Å². The average Bonchev–Trinajstić information content (AvgIpc) is 2.44. The van der Waals surface area contributed by atoms with E-state index in [2.05, 4.69) is 0 Å². The van der Waals surface area contributed by atoms with E-state index in [4.69, 9.17) is 9.11 Å². The molecule has 0 saturated heterocycles. The van der Waals surface area contributed by atoms with Gasteiger partial charge < -0.3 is 0 Å². The van der Waals surface area contributed by atoms with E-state index in [-0.39, 0.29) is 21.6 Å². The van der Waals surface area contributed by atoms with Crippen molar-refractivity contribution in [2.24, 2.45) is 0 Å². The van der Waals surface area contributed by atoms with Crippen LogP contribution in [0.25, 0.3) is 12.2 Å². The molecule has 24 heavy (non-hydrogen) atoms. The second-order valence-corrected chi connectivity index (χ2v) is 7.81. The van der Waals surface area contributed by atoms with Crippen molar-refractivity contribution in [2.45, 2.75) is 0 Å². The number of hydrogen-bond donors (Lipinski definition) is 2. The van der Waals surface area contributed by atoms with Crippen molar-refractivity contribution in [1.82, 2.24) is 0 Å². The third-order valence-corrected chi connectivity index (χ3v) is 5.30. The van der Waals surface area contributed by atoms with Gasteiger partial charge in [-0.25, -0.2) is 0 Å². The van der Waals surface area contributed by atoms with Gasteiger partial charge in [-0.2, -0.15) is 16.8 Å². The van der Waals surface area contributed by atoms with E-state index in [1.54, 1.807) is 0 Å². The van der Waals surface area contributed by atoms with Gasteiger partial charge in [0.15, 0.2) is 0 Å². The van der Waals surface area contributed by atoms with Gasteiger partial charge in [-0.05, 0) is 34.7 Å². The lowest BCUT2D eigenvalue weighted by Gasteiger charge is -2.13. The minimum atomic E-state index is -4.70. The molecule has 0 atom stereocenters. The van der Waals surface area contributed by atoms with Crippen LogP contribution in [0.15, 0.2) is 34.1 Å². The summed E-state index contributed by atoms with van der Waals surface area (Å²) in [6.45, 7) is 0. The van der Waals surface area contributed by atoms with E-state index in [0.29, 0.717) is 0 Å².